The number of piperidine rings is 1. The smallest absolute Gasteiger partial charge is 0.352 e. The molecular weight excluding hydrogens is 424 g/mol. The molecule has 156 valence electrons. The van der Waals surface area contributed by atoms with E-state index in [-0.39, 0.29) is 18.4 Å². The summed E-state index contributed by atoms with van der Waals surface area (Å²) in [5, 5.41) is 3.81. The van der Waals surface area contributed by atoms with E-state index in [2.05, 4.69) is 10.2 Å². The fraction of sp³-hybridized carbons (Fsp3) is 0.381. The molecule has 3 rings (SSSR count). The van der Waals surface area contributed by atoms with Crippen molar-refractivity contribution in [3.05, 3.63) is 69.2 Å². The molecule has 1 saturated heterocycles. The van der Waals surface area contributed by atoms with Gasteiger partial charge in [0.1, 0.15) is 0 Å². The Morgan fingerprint density at radius 1 is 1.03 bits per heavy atom. The quantitative estimate of drug-likeness (QED) is 0.656. The maximum absolute atomic E-state index is 12.8. The van der Waals surface area contributed by atoms with Gasteiger partial charge >= 0.3 is 6.18 Å². The number of carbonyl (C=O) groups is 1. The van der Waals surface area contributed by atoms with Crippen molar-refractivity contribution < 1.29 is 18.0 Å². The van der Waals surface area contributed by atoms with Crippen LogP contribution in [0, 0.1) is 5.92 Å². The molecule has 1 heterocycles. The third-order valence-electron chi connectivity index (χ3n) is 5.07. The highest BCUT2D eigenvalue weighted by Gasteiger charge is 2.30. The van der Waals surface area contributed by atoms with Gasteiger partial charge in [0, 0.05) is 19.0 Å². The minimum absolute atomic E-state index is 0.0895. The van der Waals surface area contributed by atoms with E-state index < -0.39 is 11.7 Å². The normalized spacial score (nSPS) is 16.0. The average Bonchev–Trinajstić information content (AvgIpc) is 2.69. The van der Waals surface area contributed by atoms with Crippen molar-refractivity contribution >= 4 is 29.1 Å². The predicted octanol–water partition coefficient (Wildman–Crippen LogP) is 5.54. The van der Waals surface area contributed by atoms with Gasteiger partial charge in [0.05, 0.1) is 15.6 Å². The van der Waals surface area contributed by atoms with Crippen LogP contribution in [0.1, 0.15) is 29.5 Å². The van der Waals surface area contributed by atoms with E-state index in [1.54, 1.807) is 12.1 Å². The summed E-state index contributed by atoms with van der Waals surface area (Å²) >= 11 is 12.0. The lowest BCUT2D eigenvalue weighted by molar-refractivity contribution is -0.137. The van der Waals surface area contributed by atoms with E-state index >= 15 is 0 Å². The van der Waals surface area contributed by atoms with Gasteiger partial charge in [-0.15, -0.1) is 0 Å². The maximum atomic E-state index is 12.8. The summed E-state index contributed by atoms with van der Waals surface area (Å²) in [6.45, 7) is 2.35. The number of amides is 1. The molecule has 1 fully saturated rings. The molecule has 0 radical (unpaired) electrons. The Hall–Kier alpha value is -1.76. The van der Waals surface area contributed by atoms with E-state index in [9.17, 15) is 18.0 Å². The zero-order valence-corrected chi connectivity index (χ0v) is 17.1. The van der Waals surface area contributed by atoms with Crippen LogP contribution in [-0.4, -0.2) is 23.9 Å². The van der Waals surface area contributed by atoms with Gasteiger partial charge in [-0.05, 0) is 61.3 Å². The van der Waals surface area contributed by atoms with Crippen LogP contribution in [0.15, 0.2) is 42.5 Å². The topological polar surface area (TPSA) is 32.3 Å². The minimum Gasteiger partial charge on any atom is -0.352 e. The van der Waals surface area contributed by atoms with Crippen LogP contribution in [0.4, 0.5) is 13.2 Å². The van der Waals surface area contributed by atoms with Crippen molar-refractivity contribution in [3.8, 4) is 0 Å². The van der Waals surface area contributed by atoms with Crippen molar-refractivity contribution in [1.29, 1.82) is 0 Å². The average molecular weight is 445 g/mol. The highest BCUT2D eigenvalue weighted by molar-refractivity contribution is 6.42. The molecule has 1 amide bonds. The van der Waals surface area contributed by atoms with E-state index in [0.717, 1.165) is 37.3 Å². The number of halogens is 5. The van der Waals surface area contributed by atoms with Crippen LogP contribution >= 0.6 is 23.2 Å². The number of hydrogen-bond acceptors (Lipinski definition) is 2. The summed E-state index contributed by atoms with van der Waals surface area (Å²) in [6.07, 6.45) is -2.98. The zero-order chi connectivity index (χ0) is 21.0. The fourth-order valence-corrected chi connectivity index (χ4v) is 3.76. The first-order chi connectivity index (χ1) is 13.7. The molecule has 29 heavy (non-hydrogen) atoms. The molecule has 8 heteroatoms. The Bertz CT molecular complexity index is 865. The lowest BCUT2D eigenvalue weighted by Gasteiger charge is -2.31. The maximum Gasteiger partial charge on any atom is 0.416 e. The van der Waals surface area contributed by atoms with Crippen molar-refractivity contribution in [1.82, 2.24) is 10.2 Å². The van der Waals surface area contributed by atoms with Gasteiger partial charge in [-0.25, -0.2) is 0 Å². The lowest BCUT2D eigenvalue weighted by Crippen LogP contribution is -2.40. The van der Waals surface area contributed by atoms with E-state index in [1.165, 1.54) is 6.07 Å². The van der Waals surface area contributed by atoms with Crippen molar-refractivity contribution in [2.45, 2.75) is 32.1 Å². The first kappa shape index (κ1) is 21.9. The third kappa shape index (κ3) is 6.11. The molecule has 0 atom stereocenters. The molecule has 0 spiro atoms. The summed E-state index contributed by atoms with van der Waals surface area (Å²) < 4.78 is 38.4. The molecule has 3 nitrogen and oxygen atoms in total. The van der Waals surface area contributed by atoms with E-state index in [0.29, 0.717) is 28.5 Å². The molecule has 0 saturated carbocycles. The fourth-order valence-electron chi connectivity index (χ4n) is 3.44. The van der Waals surface area contributed by atoms with Crippen LogP contribution < -0.4 is 5.32 Å². The lowest BCUT2D eigenvalue weighted by atomic mass is 9.95. The Morgan fingerprint density at radius 3 is 2.41 bits per heavy atom. The van der Waals surface area contributed by atoms with Gasteiger partial charge in [0.2, 0.25) is 5.91 Å². The van der Waals surface area contributed by atoms with E-state index in [4.69, 9.17) is 23.2 Å². The summed E-state index contributed by atoms with van der Waals surface area (Å²) in [7, 11) is 0. The number of benzene rings is 2. The second-order valence-electron chi connectivity index (χ2n) is 7.21. The predicted molar refractivity (Wildman–Crippen MR) is 108 cm³/mol. The zero-order valence-electron chi connectivity index (χ0n) is 15.6. The van der Waals surface area contributed by atoms with Gasteiger partial charge in [0.25, 0.3) is 0 Å². The number of alkyl halides is 3. The molecule has 0 bridgehead atoms. The Labute approximate surface area is 177 Å². The number of hydrogen-bond donors (Lipinski definition) is 1. The summed E-state index contributed by atoms with van der Waals surface area (Å²) in [6, 6.07) is 10.6. The number of nitrogens with zero attached hydrogens (tertiary/aromatic N) is 1. The molecule has 0 unspecified atom stereocenters. The number of rotatable bonds is 5. The van der Waals surface area contributed by atoms with Gasteiger partial charge in [-0.2, -0.15) is 13.2 Å². The first-order valence-electron chi connectivity index (χ1n) is 9.32. The highest BCUT2D eigenvalue weighted by Crippen LogP contribution is 2.29. The number of nitrogens with one attached hydrogen (secondary N) is 1. The molecule has 1 aliphatic heterocycles. The summed E-state index contributed by atoms with van der Waals surface area (Å²) in [4.78, 5) is 14.7. The van der Waals surface area contributed by atoms with Crippen LogP contribution in [0.25, 0.3) is 0 Å². The van der Waals surface area contributed by atoms with Crippen LogP contribution in [0.2, 0.25) is 10.0 Å². The molecule has 0 aliphatic carbocycles. The van der Waals surface area contributed by atoms with Gasteiger partial charge in [-0.3, -0.25) is 9.69 Å². The van der Waals surface area contributed by atoms with Crippen molar-refractivity contribution in [3.63, 3.8) is 0 Å². The van der Waals surface area contributed by atoms with E-state index in [1.807, 2.05) is 12.1 Å². The monoisotopic (exact) mass is 444 g/mol. The molecular formula is C21H21Cl2F3N2O. The molecule has 1 aliphatic rings. The minimum atomic E-state index is -4.39. The van der Waals surface area contributed by atoms with Crippen LogP contribution in [0.3, 0.4) is 0 Å². The third-order valence-corrected chi connectivity index (χ3v) is 5.81. The van der Waals surface area contributed by atoms with Crippen molar-refractivity contribution in [2.24, 2.45) is 5.92 Å². The van der Waals surface area contributed by atoms with Crippen molar-refractivity contribution in [2.75, 3.05) is 13.1 Å². The highest BCUT2D eigenvalue weighted by atomic mass is 35.5. The second kappa shape index (κ2) is 9.37. The second-order valence-corrected chi connectivity index (χ2v) is 8.03. The SMILES string of the molecule is O=C(NCc1cccc(C(F)(F)F)c1)C1CCN(Cc2ccc(Cl)c(Cl)c2)CC1. The Morgan fingerprint density at radius 2 is 1.76 bits per heavy atom. The molecule has 1 N–H and O–H groups in total. The summed E-state index contributed by atoms with van der Waals surface area (Å²) in [5.74, 6) is -0.248. The van der Waals surface area contributed by atoms with Gasteiger partial charge in [-0.1, -0.05) is 41.4 Å². The number of carbonyl (C=O) groups excluding carboxylic acids is 1. The molecule has 2 aromatic carbocycles. The van der Waals surface area contributed by atoms with Gasteiger partial charge < -0.3 is 5.32 Å². The largest absolute Gasteiger partial charge is 0.416 e. The first-order valence-corrected chi connectivity index (χ1v) is 10.1. The van der Waals surface area contributed by atoms with Crippen LogP contribution in [0.5, 0.6) is 0 Å². The van der Waals surface area contributed by atoms with Crippen LogP contribution in [-0.2, 0) is 24.1 Å². The Balaban J connectivity index is 1.47. The summed E-state index contributed by atoms with van der Waals surface area (Å²) in [5.41, 5.74) is 0.789. The standard InChI is InChI=1S/C21H21Cl2F3N2O/c22-18-5-4-15(11-19(18)23)13-28-8-6-16(7-9-28)20(29)27-12-14-2-1-3-17(10-14)21(24,25)26/h1-5,10-11,16H,6-9,12-13H2,(H,27,29). The molecule has 0 aromatic heterocycles. The number of likely N-dealkylation sites (tertiary alicyclic amines) is 1. The Kier molecular flexibility index (Phi) is 7.09. The van der Waals surface area contributed by atoms with Gasteiger partial charge in [0.15, 0.2) is 0 Å². The molecule has 2 aromatic rings.